The molecule has 3 heteroatoms. The molecule has 1 aromatic carbocycles. The van der Waals surface area contributed by atoms with Gasteiger partial charge < -0.3 is 9.90 Å². The topological polar surface area (TPSA) is 54.4 Å². The molecular weight excluding hydrogens is 192 g/mol. The van der Waals surface area contributed by atoms with Crippen LogP contribution in [0.25, 0.3) is 0 Å². The normalized spacial score (nSPS) is 12.1. The van der Waals surface area contributed by atoms with Crippen molar-refractivity contribution in [3.63, 3.8) is 0 Å². The van der Waals surface area contributed by atoms with Gasteiger partial charge in [0, 0.05) is 6.42 Å². The lowest BCUT2D eigenvalue weighted by atomic mass is 9.94. The van der Waals surface area contributed by atoms with Crippen LogP contribution in [0.3, 0.4) is 0 Å². The maximum Gasteiger partial charge on any atom is 0.310 e. The molecule has 80 valence electrons. The average molecular weight is 206 g/mol. The number of carbonyl (C=O) groups excluding carboxylic acids is 1. The standard InChI is InChI=1S/C12H14O3/c1-8-3-4-10(5-6-13)7-11(8)9(2)12(14)15/h3-4,6-7,9H,5H2,1-2H3,(H,14,15). The van der Waals surface area contributed by atoms with E-state index in [2.05, 4.69) is 0 Å². The Morgan fingerprint density at radius 3 is 2.73 bits per heavy atom. The molecule has 1 aromatic rings. The lowest BCUT2D eigenvalue weighted by Gasteiger charge is -2.11. The quantitative estimate of drug-likeness (QED) is 0.766. The molecule has 15 heavy (non-hydrogen) atoms. The van der Waals surface area contributed by atoms with E-state index in [4.69, 9.17) is 5.11 Å². The minimum atomic E-state index is -0.846. The second-order valence-corrected chi connectivity index (χ2v) is 3.62. The molecule has 0 saturated heterocycles. The summed E-state index contributed by atoms with van der Waals surface area (Å²) in [4.78, 5) is 21.2. The Morgan fingerprint density at radius 2 is 2.20 bits per heavy atom. The van der Waals surface area contributed by atoms with E-state index >= 15 is 0 Å². The van der Waals surface area contributed by atoms with E-state index < -0.39 is 11.9 Å². The molecule has 0 fully saturated rings. The van der Waals surface area contributed by atoms with Crippen molar-refractivity contribution in [3.05, 3.63) is 34.9 Å². The summed E-state index contributed by atoms with van der Waals surface area (Å²) in [7, 11) is 0. The molecule has 0 aliphatic heterocycles. The number of benzene rings is 1. The summed E-state index contributed by atoms with van der Waals surface area (Å²) in [6, 6.07) is 5.50. The van der Waals surface area contributed by atoms with Crippen molar-refractivity contribution < 1.29 is 14.7 Å². The van der Waals surface area contributed by atoms with Gasteiger partial charge in [-0.3, -0.25) is 4.79 Å². The lowest BCUT2D eigenvalue weighted by molar-refractivity contribution is -0.138. The predicted octanol–water partition coefficient (Wildman–Crippen LogP) is 1.92. The van der Waals surface area contributed by atoms with Crippen molar-refractivity contribution in [3.8, 4) is 0 Å². The van der Waals surface area contributed by atoms with Gasteiger partial charge in [0.15, 0.2) is 0 Å². The zero-order valence-corrected chi connectivity index (χ0v) is 8.86. The second-order valence-electron chi connectivity index (χ2n) is 3.62. The lowest BCUT2D eigenvalue weighted by Crippen LogP contribution is -2.09. The van der Waals surface area contributed by atoms with Crippen molar-refractivity contribution in [2.24, 2.45) is 0 Å². The van der Waals surface area contributed by atoms with Gasteiger partial charge in [0.1, 0.15) is 6.29 Å². The first-order valence-electron chi connectivity index (χ1n) is 4.82. The highest BCUT2D eigenvalue weighted by atomic mass is 16.4. The summed E-state index contributed by atoms with van der Waals surface area (Å²) < 4.78 is 0. The largest absolute Gasteiger partial charge is 0.481 e. The van der Waals surface area contributed by atoms with Gasteiger partial charge in [-0.25, -0.2) is 0 Å². The highest BCUT2D eigenvalue weighted by Crippen LogP contribution is 2.21. The van der Waals surface area contributed by atoms with E-state index in [0.717, 1.165) is 23.0 Å². The summed E-state index contributed by atoms with van der Waals surface area (Å²) in [5.41, 5.74) is 2.58. The molecule has 0 spiro atoms. The highest BCUT2D eigenvalue weighted by molar-refractivity contribution is 5.76. The molecule has 0 bridgehead atoms. The predicted molar refractivity (Wildman–Crippen MR) is 57.0 cm³/mol. The minimum Gasteiger partial charge on any atom is -0.481 e. The molecule has 0 saturated carbocycles. The van der Waals surface area contributed by atoms with Crippen LogP contribution in [-0.4, -0.2) is 17.4 Å². The van der Waals surface area contributed by atoms with Gasteiger partial charge in [-0.05, 0) is 30.5 Å². The molecule has 0 radical (unpaired) electrons. The van der Waals surface area contributed by atoms with E-state index in [9.17, 15) is 9.59 Å². The van der Waals surface area contributed by atoms with E-state index in [1.54, 1.807) is 13.0 Å². The van der Waals surface area contributed by atoms with Crippen LogP contribution >= 0.6 is 0 Å². The molecule has 0 aliphatic carbocycles. The van der Waals surface area contributed by atoms with Gasteiger partial charge in [-0.15, -0.1) is 0 Å². The summed E-state index contributed by atoms with van der Waals surface area (Å²) in [6.07, 6.45) is 1.15. The fourth-order valence-electron chi connectivity index (χ4n) is 1.51. The Hall–Kier alpha value is -1.64. The molecule has 0 aliphatic rings. The van der Waals surface area contributed by atoms with E-state index in [-0.39, 0.29) is 0 Å². The Labute approximate surface area is 88.7 Å². The number of carbonyl (C=O) groups is 2. The molecule has 0 heterocycles. The summed E-state index contributed by atoms with van der Waals surface area (Å²) in [6.45, 7) is 3.52. The second kappa shape index (κ2) is 4.73. The Balaban J connectivity index is 3.09. The first-order valence-corrected chi connectivity index (χ1v) is 4.82. The van der Waals surface area contributed by atoms with Gasteiger partial charge in [-0.1, -0.05) is 18.2 Å². The van der Waals surface area contributed by atoms with Crippen LogP contribution in [0.2, 0.25) is 0 Å². The van der Waals surface area contributed by atoms with Crippen molar-refractivity contribution in [1.29, 1.82) is 0 Å². The number of aldehydes is 1. The summed E-state index contributed by atoms with van der Waals surface area (Å²) in [5, 5.41) is 8.91. The maximum absolute atomic E-state index is 10.9. The van der Waals surface area contributed by atoms with Gasteiger partial charge in [0.05, 0.1) is 5.92 Å². The van der Waals surface area contributed by atoms with Crippen LogP contribution in [0.1, 0.15) is 29.5 Å². The third-order valence-electron chi connectivity index (χ3n) is 2.50. The zero-order chi connectivity index (χ0) is 11.4. The fraction of sp³-hybridized carbons (Fsp3) is 0.333. The molecule has 1 N–H and O–H groups in total. The number of hydrogen-bond donors (Lipinski definition) is 1. The monoisotopic (exact) mass is 206 g/mol. The van der Waals surface area contributed by atoms with E-state index in [1.807, 2.05) is 19.1 Å². The molecule has 0 aromatic heterocycles. The third-order valence-corrected chi connectivity index (χ3v) is 2.50. The number of carboxylic acids is 1. The fourth-order valence-corrected chi connectivity index (χ4v) is 1.51. The van der Waals surface area contributed by atoms with Crippen LogP contribution in [0.15, 0.2) is 18.2 Å². The average Bonchev–Trinajstić information content (AvgIpc) is 2.20. The molecule has 0 amide bonds. The van der Waals surface area contributed by atoms with Crippen molar-refractivity contribution >= 4 is 12.3 Å². The van der Waals surface area contributed by atoms with Gasteiger partial charge >= 0.3 is 5.97 Å². The van der Waals surface area contributed by atoms with Crippen molar-refractivity contribution in [2.45, 2.75) is 26.2 Å². The maximum atomic E-state index is 10.9. The number of aliphatic carboxylic acids is 1. The SMILES string of the molecule is Cc1ccc(CC=O)cc1C(C)C(=O)O. The number of hydrogen-bond acceptors (Lipinski definition) is 2. The molecule has 1 atom stereocenters. The number of carboxylic acid groups (broad SMARTS) is 1. The Kier molecular flexibility index (Phi) is 3.61. The van der Waals surface area contributed by atoms with Gasteiger partial charge in [0.25, 0.3) is 0 Å². The summed E-state index contributed by atoms with van der Waals surface area (Å²) >= 11 is 0. The van der Waals surface area contributed by atoms with E-state index in [1.165, 1.54) is 0 Å². The molecule has 1 unspecified atom stereocenters. The molecule has 3 nitrogen and oxygen atoms in total. The van der Waals surface area contributed by atoms with Gasteiger partial charge in [-0.2, -0.15) is 0 Å². The van der Waals surface area contributed by atoms with Crippen LogP contribution < -0.4 is 0 Å². The molecular formula is C12H14O3. The van der Waals surface area contributed by atoms with Crippen LogP contribution in [-0.2, 0) is 16.0 Å². The Morgan fingerprint density at radius 1 is 1.53 bits per heavy atom. The number of rotatable bonds is 4. The highest BCUT2D eigenvalue weighted by Gasteiger charge is 2.15. The van der Waals surface area contributed by atoms with Crippen LogP contribution in [0, 0.1) is 6.92 Å². The van der Waals surface area contributed by atoms with Gasteiger partial charge in [0.2, 0.25) is 0 Å². The smallest absolute Gasteiger partial charge is 0.310 e. The number of aryl methyl sites for hydroxylation is 1. The van der Waals surface area contributed by atoms with Crippen LogP contribution in [0.4, 0.5) is 0 Å². The third kappa shape index (κ3) is 2.65. The van der Waals surface area contributed by atoms with Crippen molar-refractivity contribution in [1.82, 2.24) is 0 Å². The van der Waals surface area contributed by atoms with Crippen LogP contribution in [0.5, 0.6) is 0 Å². The van der Waals surface area contributed by atoms with Crippen molar-refractivity contribution in [2.75, 3.05) is 0 Å². The zero-order valence-electron chi connectivity index (χ0n) is 8.86. The summed E-state index contributed by atoms with van der Waals surface area (Å²) in [5.74, 6) is -1.38. The Bertz CT molecular complexity index is 382. The minimum absolute atomic E-state index is 0.333. The van der Waals surface area contributed by atoms with E-state index in [0.29, 0.717) is 6.42 Å². The molecule has 1 rings (SSSR count). The first-order chi connectivity index (χ1) is 7.06. The first kappa shape index (κ1) is 11.4.